The molecule has 0 fully saturated rings. The average Bonchev–Trinajstić information content (AvgIpc) is 2.77. The number of carboxylic acids is 1. The van der Waals surface area contributed by atoms with Crippen molar-refractivity contribution in [3.8, 4) is 0 Å². The molecule has 0 radical (unpaired) electrons. The molecule has 2 rings (SSSR count). The van der Waals surface area contributed by atoms with Crippen molar-refractivity contribution < 1.29 is 9.90 Å². The summed E-state index contributed by atoms with van der Waals surface area (Å²) in [7, 11) is 0. The molecule has 0 aliphatic carbocycles. The van der Waals surface area contributed by atoms with Gasteiger partial charge in [0.25, 0.3) is 0 Å². The molecule has 0 bridgehead atoms. The highest BCUT2D eigenvalue weighted by Crippen LogP contribution is 2.11. The Labute approximate surface area is 97.5 Å². The summed E-state index contributed by atoms with van der Waals surface area (Å²) in [6.45, 7) is 1.94. The fourth-order valence-corrected chi connectivity index (χ4v) is 1.59. The molecule has 1 unspecified atom stereocenters. The molecule has 0 saturated heterocycles. The molecule has 0 saturated carbocycles. The van der Waals surface area contributed by atoms with E-state index in [-0.39, 0.29) is 0 Å². The molecular formula is C10H13N5O2. The zero-order valence-electron chi connectivity index (χ0n) is 9.37. The Morgan fingerprint density at radius 2 is 2.41 bits per heavy atom. The number of carboxylic acid groups (broad SMARTS) is 1. The van der Waals surface area contributed by atoms with Crippen LogP contribution in [0, 0.1) is 0 Å². The normalized spacial score (nSPS) is 12.5. The summed E-state index contributed by atoms with van der Waals surface area (Å²) in [5, 5.41) is 19.6. The zero-order chi connectivity index (χ0) is 12.3. The van der Waals surface area contributed by atoms with Crippen LogP contribution in [0.5, 0.6) is 0 Å². The number of nitrogens with zero attached hydrogens (tertiary/aromatic N) is 4. The molecule has 0 aliphatic heterocycles. The fourth-order valence-electron chi connectivity index (χ4n) is 1.59. The number of nitrogens with one attached hydrogen (secondary N) is 1. The van der Waals surface area contributed by atoms with Crippen molar-refractivity contribution in [2.24, 2.45) is 0 Å². The van der Waals surface area contributed by atoms with Gasteiger partial charge in [-0.1, -0.05) is 13.3 Å². The van der Waals surface area contributed by atoms with Crippen LogP contribution in [0.4, 0.5) is 5.82 Å². The average molecular weight is 235 g/mol. The number of aliphatic carboxylic acids is 1. The standard InChI is InChI=1S/C10H13N5O2/c1-2-3-7(10(16)17)13-8-4-11-5-9-14-12-6-15(8)9/h4-7,13H,2-3H2,1H3,(H,16,17). The van der Waals surface area contributed by atoms with E-state index >= 15 is 0 Å². The molecule has 0 amide bonds. The first-order chi connectivity index (χ1) is 8.22. The van der Waals surface area contributed by atoms with Gasteiger partial charge in [-0.15, -0.1) is 10.2 Å². The quantitative estimate of drug-likeness (QED) is 0.796. The third-order valence-electron chi connectivity index (χ3n) is 2.42. The Hall–Kier alpha value is -2.18. The number of anilines is 1. The molecule has 7 nitrogen and oxygen atoms in total. The maximum absolute atomic E-state index is 11.0. The van der Waals surface area contributed by atoms with Gasteiger partial charge in [0.1, 0.15) is 18.2 Å². The summed E-state index contributed by atoms with van der Waals surface area (Å²) in [6, 6.07) is -0.630. The van der Waals surface area contributed by atoms with E-state index in [0.717, 1.165) is 6.42 Å². The minimum absolute atomic E-state index is 0.549. The monoisotopic (exact) mass is 235 g/mol. The van der Waals surface area contributed by atoms with Crippen molar-refractivity contribution in [2.45, 2.75) is 25.8 Å². The van der Waals surface area contributed by atoms with Crippen LogP contribution in [0.1, 0.15) is 19.8 Å². The van der Waals surface area contributed by atoms with Crippen LogP contribution in [0.2, 0.25) is 0 Å². The molecule has 0 spiro atoms. The van der Waals surface area contributed by atoms with Crippen LogP contribution in [-0.2, 0) is 4.79 Å². The maximum atomic E-state index is 11.0. The van der Waals surface area contributed by atoms with Crippen molar-refractivity contribution in [1.29, 1.82) is 0 Å². The number of fused-ring (bicyclic) bond motifs is 1. The predicted octanol–water partition coefficient (Wildman–Crippen LogP) is 0.789. The van der Waals surface area contributed by atoms with E-state index in [2.05, 4.69) is 20.5 Å². The van der Waals surface area contributed by atoms with Crippen molar-refractivity contribution in [3.63, 3.8) is 0 Å². The van der Waals surface area contributed by atoms with Crippen LogP contribution in [0.25, 0.3) is 5.65 Å². The van der Waals surface area contributed by atoms with E-state index in [1.54, 1.807) is 16.8 Å². The van der Waals surface area contributed by atoms with Gasteiger partial charge in [0.2, 0.25) is 0 Å². The molecule has 0 aromatic carbocycles. The highest BCUT2D eigenvalue weighted by atomic mass is 16.4. The third-order valence-corrected chi connectivity index (χ3v) is 2.42. The fraction of sp³-hybridized carbons (Fsp3) is 0.400. The van der Waals surface area contributed by atoms with Crippen LogP contribution in [-0.4, -0.2) is 36.7 Å². The summed E-state index contributed by atoms with van der Waals surface area (Å²) in [6.07, 6.45) is 5.98. The SMILES string of the molecule is CCCC(Nc1cncc2nncn12)C(=O)O. The summed E-state index contributed by atoms with van der Waals surface area (Å²) >= 11 is 0. The van der Waals surface area contributed by atoms with Crippen LogP contribution >= 0.6 is 0 Å². The molecule has 7 heteroatoms. The van der Waals surface area contributed by atoms with Gasteiger partial charge in [-0.25, -0.2) is 4.79 Å². The van der Waals surface area contributed by atoms with Gasteiger partial charge in [0.05, 0.1) is 12.4 Å². The third kappa shape index (κ3) is 2.32. The highest BCUT2D eigenvalue weighted by molar-refractivity contribution is 5.76. The summed E-state index contributed by atoms with van der Waals surface area (Å²) in [5.41, 5.74) is 0.579. The van der Waals surface area contributed by atoms with Gasteiger partial charge in [-0.05, 0) is 6.42 Å². The van der Waals surface area contributed by atoms with E-state index < -0.39 is 12.0 Å². The number of carbonyl (C=O) groups is 1. The van der Waals surface area contributed by atoms with Gasteiger partial charge in [-0.2, -0.15) is 0 Å². The molecule has 17 heavy (non-hydrogen) atoms. The zero-order valence-corrected chi connectivity index (χ0v) is 9.37. The van der Waals surface area contributed by atoms with Gasteiger partial charge in [0.15, 0.2) is 5.65 Å². The van der Waals surface area contributed by atoms with Gasteiger partial charge < -0.3 is 10.4 Å². The highest BCUT2D eigenvalue weighted by Gasteiger charge is 2.17. The van der Waals surface area contributed by atoms with E-state index in [0.29, 0.717) is 17.9 Å². The lowest BCUT2D eigenvalue weighted by molar-refractivity contribution is -0.138. The largest absolute Gasteiger partial charge is 0.480 e. The first kappa shape index (κ1) is 11.3. The summed E-state index contributed by atoms with van der Waals surface area (Å²) in [5.74, 6) is -0.301. The maximum Gasteiger partial charge on any atom is 0.326 e. The number of hydrogen-bond donors (Lipinski definition) is 2. The topological polar surface area (TPSA) is 92.4 Å². The van der Waals surface area contributed by atoms with Crippen molar-refractivity contribution in [2.75, 3.05) is 5.32 Å². The Bertz CT molecular complexity index is 524. The number of aromatic nitrogens is 4. The number of hydrogen-bond acceptors (Lipinski definition) is 5. The lowest BCUT2D eigenvalue weighted by Crippen LogP contribution is -2.29. The van der Waals surface area contributed by atoms with Crippen LogP contribution in [0.15, 0.2) is 18.7 Å². The molecule has 0 aliphatic rings. The van der Waals surface area contributed by atoms with E-state index in [1.807, 2.05) is 6.92 Å². The van der Waals surface area contributed by atoms with Gasteiger partial charge >= 0.3 is 5.97 Å². The van der Waals surface area contributed by atoms with Gasteiger partial charge in [-0.3, -0.25) is 9.38 Å². The lowest BCUT2D eigenvalue weighted by atomic mass is 10.2. The van der Waals surface area contributed by atoms with Crippen LogP contribution < -0.4 is 5.32 Å². The second-order valence-electron chi connectivity index (χ2n) is 3.68. The molecular weight excluding hydrogens is 222 g/mol. The summed E-state index contributed by atoms with van der Waals surface area (Å²) in [4.78, 5) is 15.0. The summed E-state index contributed by atoms with van der Waals surface area (Å²) < 4.78 is 1.67. The Morgan fingerprint density at radius 1 is 1.59 bits per heavy atom. The molecule has 2 aromatic rings. The molecule has 2 N–H and O–H groups in total. The lowest BCUT2D eigenvalue weighted by Gasteiger charge is -2.15. The van der Waals surface area contributed by atoms with Crippen molar-refractivity contribution in [3.05, 3.63) is 18.7 Å². The Balaban J connectivity index is 2.27. The van der Waals surface area contributed by atoms with E-state index in [1.165, 1.54) is 6.33 Å². The molecule has 2 aromatic heterocycles. The van der Waals surface area contributed by atoms with Crippen molar-refractivity contribution in [1.82, 2.24) is 19.6 Å². The minimum Gasteiger partial charge on any atom is -0.480 e. The van der Waals surface area contributed by atoms with Crippen LogP contribution in [0.3, 0.4) is 0 Å². The van der Waals surface area contributed by atoms with E-state index in [4.69, 9.17) is 5.11 Å². The molecule has 90 valence electrons. The first-order valence-corrected chi connectivity index (χ1v) is 5.35. The predicted molar refractivity (Wildman–Crippen MR) is 60.7 cm³/mol. The second kappa shape index (κ2) is 4.77. The molecule has 2 heterocycles. The van der Waals surface area contributed by atoms with Crippen molar-refractivity contribution >= 4 is 17.4 Å². The Kier molecular flexibility index (Phi) is 3.17. The Morgan fingerprint density at radius 3 is 3.12 bits per heavy atom. The van der Waals surface area contributed by atoms with E-state index in [9.17, 15) is 4.79 Å². The van der Waals surface area contributed by atoms with Gasteiger partial charge in [0, 0.05) is 0 Å². The number of rotatable bonds is 5. The minimum atomic E-state index is -0.878. The molecule has 1 atom stereocenters. The second-order valence-corrected chi connectivity index (χ2v) is 3.68. The smallest absolute Gasteiger partial charge is 0.326 e. The first-order valence-electron chi connectivity index (χ1n) is 5.35.